The minimum absolute atomic E-state index is 0.0419. The maximum absolute atomic E-state index is 11.6. The molecule has 1 atom stereocenters. The van der Waals surface area contributed by atoms with Crippen LogP contribution < -0.4 is 5.73 Å². The monoisotopic (exact) mass is 281 g/mol. The van der Waals surface area contributed by atoms with Crippen molar-refractivity contribution in [1.82, 2.24) is 0 Å². The lowest BCUT2D eigenvalue weighted by molar-refractivity contribution is 0.382. The van der Waals surface area contributed by atoms with E-state index in [2.05, 4.69) is 0 Å². The van der Waals surface area contributed by atoms with E-state index in [1.54, 1.807) is 18.2 Å². The van der Waals surface area contributed by atoms with E-state index in [0.717, 1.165) is 18.4 Å². The second kappa shape index (κ2) is 6.06. The predicted octanol–water partition coefficient (Wildman–Crippen LogP) is 3.06. The molecule has 4 heteroatoms. The van der Waals surface area contributed by atoms with Crippen LogP contribution in [0.1, 0.15) is 50.1 Å². The van der Waals surface area contributed by atoms with E-state index in [0.29, 0.717) is 10.8 Å². The third kappa shape index (κ3) is 3.80. The quantitative estimate of drug-likeness (QED) is 0.866. The first kappa shape index (κ1) is 14.5. The van der Waals surface area contributed by atoms with Crippen molar-refractivity contribution in [2.45, 2.75) is 49.5 Å². The van der Waals surface area contributed by atoms with Gasteiger partial charge in [0.25, 0.3) is 0 Å². The molecule has 1 unspecified atom stereocenters. The standard InChI is InChI=1S/C15H23NO2S/c1-19(17,18)14-10-6-9-13(11-14)15(16)12-7-4-2-3-5-8-12/h6,9-12,15H,2-5,7-8,16H2,1H3. The van der Waals surface area contributed by atoms with Crippen LogP contribution in [0.4, 0.5) is 0 Å². The molecule has 0 radical (unpaired) electrons. The lowest BCUT2D eigenvalue weighted by atomic mass is 9.88. The number of hydrogen-bond donors (Lipinski definition) is 1. The molecule has 1 aromatic rings. The lowest BCUT2D eigenvalue weighted by Gasteiger charge is -2.23. The van der Waals surface area contributed by atoms with Crippen molar-refractivity contribution in [2.75, 3.05) is 6.26 Å². The molecule has 0 amide bonds. The normalized spacial score (nSPS) is 19.9. The summed E-state index contributed by atoms with van der Waals surface area (Å²) in [4.78, 5) is 0.370. The zero-order valence-corrected chi connectivity index (χ0v) is 12.3. The van der Waals surface area contributed by atoms with Gasteiger partial charge in [-0.3, -0.25) is 0 Å². The van der Waals surface area contributed by atoms with E-state index in [1.807, 2.05) is 6.07 Å². The van der Waals surface area contributed by atoms with Crippen LogP contribution in [0, 0.1) is 5.92 Å². The highest BCUT2D eigenvalue weighted by Crippen LogP contribution is 2.32. The maximum atomic E-state index is 11.6. The number of hydrogen-bond acceptors (Lipinski definition) is 3. The molecule has 19 heavy (non-hydrogen) atoms. The van der Waals surface area contributed by atoms with E-state index in [4.69, 9.17) is 5.73 Å². The zero-order chi connectivity index (χ0) is 13.9. The van der Waals surface area contributed by atoms with Crippen LogP contribution in [0.5, 0.6) is 0 Å². The highest BCUT2D eigenvalue weighted by atomic mass is 32.2. The van der Waals surface area contributed by atoms with Gasteiger partial charge in [0.1, 0.15) is 0 Å². The summed E-state index contributed by atoms with van der Waals surface area (Å²) in [6, 6.07) is 7.08. The highest BCUT2D eigenvalue weighted by Gasteiger charge is 2.21. The molecule has 0 aromatic heterocycles. The first-order valence-electron chi connectivity index (χ1n) is 7.04. The summed E-state index contributed by atoms with van der Waals surface area (Å²) in [6.07, 6.45) is 8.63. The Bertz CT molecular complexity index is 517. The number of benzene rings is 1. The fraction of sp³-hybridized carbons (Fsp3) is 0.600. The highest BCUT2D eigenvalue weighted by molar-refractivity contribution is 7.90. The van der Waals surface area contributed by atoms with E-state index in [1.165, 1.54) is 31.9 Å². The molecule has 1 fully saturated rings. The molecule has 0 spiro atoms. The lowest BCUT2D eigenvalue weighted by Crippen LogP contribution is -2.21. The fourth-order valence-corrected chi connectivity index (χ4v) is 3.57. The smallest absolute Gasteiger partial charge is 0.175 e. The third-order valence-electron chi connectivity index (χ3n) is 4.08. The van der Waals surface area contributed by atoms with Gasteiger partial charge in [-0.05, 0) is 36.5 Å². The van der Waals surface area contributed by atoms with Gasteiger partial charge in [-0.15, -0.1) is 0 Å². The van der Waals surface area contributed by atoms with Gasteiger partial charge in [-0.25, -0.2) is 8.42 Å². The molecule has 1 aliphatic carbocycles. The van der Waals surface area contributed by atoms with Gasteiger partial charge in [-0.1, -0.05) is 37.8 Å². The van der Waals surface area contributed by atoms with Gasteiger partial charge in [0.05, 0.1) is 4.90 Å². The van der Waals surface area contributed by atoms with E-state index in [-0.39, 0.29) is 6.04 Å². The Morgan fingerprint density at radius 1 is 1.16 bits per heavy atom. The van der Waals surface area contributed by atoms with Crippen LogP contribution >= 0.6 is 0 Å². The van der Waals surface area contributed by atoms with Crippen LogP contribution in [0.15, 0.2) is 29.2 Å². The Labute approximate surface area is 116 Å². The second-order valence-electron chi connectivity index (χ2n) is 5.62. The zero-order valence-electron chi connectivity index (χ0n) is 11.5. The molecular formula is C15H23NO2S. The van der Waals surface area contributed by atoms with Gasteiger partial charge in [0, 0.05) is 12.3 Å². The van der Waals surface area contributed by atoms with Gasteiger partial charge in [0.2, 0.25) is 0 Å². The van der Waals surface area contributed by atoms with Gasteiger partial charge < -0.3 is 5.73 Å². The summed E-state index contributed by atoms with van der Waals surface area (Å²) in [5, 5.41) is 0. The number of sulfone groups is 1. The summed E-state index contributed by atoms with van der Waals surface area (Å²) >= 11 is 0. The van der Waals surface area contributed by atoms with Crippen molar-refractivity contribution in [3.05, 3.63) is 29.8 Å². The van der Waals surface area contributed by atoms with Crippen LogP contribution in [0.2, 0.25) is 0 Å². The molecular weight excluding hydrogens is 258 g/mol. The van der Waals surface area contributed by atoms with Crippen LogP contribution in [0.25, 0.3) is 0 Å². The summed E-state index contributed by atoms with van der Waals surface area (Å²) < 4.78 is 23.2. The first-order chi connectivity index (χ1) is 8.98. The molecule has 3 nitrogen and oxygen atoms in total. The van der Waals surface area contributed by atoms with Crippen molar-refractivity contribution in [1.29, 1.82) is 0 Å². The summed E-state index contributed by atoms with van der Waals surface area (Å²) in [7, 11) is -3.15. The topological polar surface area (TPSA) is 60.2 Å². The molecule has 2 rings (SSSR count). The SMILES string of the molecule is CS(=O)(=O)c1cccc(C(N)C2CCCCCC2)c1. The fourth-order valence-electron chi connectivity index (χ4n) is 2.89. The van der Waals surface area contributed by atoms with Crippen molar-refractivity contribution in [3.63, 3.8) is 0 Å². The minimum Gasteiger partial charge on any atom is -0.324 e. The van der Waals surface area contributed by atoms with E-state index < -0.39 is 9.84 Å². The summed E-state index contributed by atoms with van der Waals surface area (Å²) in [5.74, 6) is 0.484. The Hall–Kier alpha value is -0.870. The molecule has 2 N–H and O–H groups in total. The first-order valence-corrected chi connectivity index (χ1v) is 8.93. The van der Waals surface area contributed by atoms with E-state index >= 15 is 0 Å². The van der Waals surface area contributed by atoms with Crippen LogP contribution in [0.3, 0.4) is 0 Å². The molecule has 0 aliphatic heterocycles. The molecule has 0 heterocycles. The maximum Gasteiger partial charge on any atom is 0.175 e. The Morgan fingerprint density at radius 3 is 2.37 bits per heavy atom. The van der Waals surface area contributed by atoms with E-state index in [9.17, 15) is 8.42 Å². The summed E-state index contributed by atoms with van der Waals surface area (Å²) in [5.41, 5.74) is 7.31. The minimum atomic E-state index is -3.15. The Balaban J connectivity index is 2.20. The van der Waals surface area contributed by atoms with Crippen molar-refractivity contribution < 1.29 is 8.42 Å². The molecule has 106 valence electrons. The predicted molar refractivity (Wildman–Crippen MR) is 77.7 cm³/mol. The Morgan fingerprint density at radius 2 is 1.79 bits per heavy atom. The molecule has 1 aromatic carbocycles. The summed E-state index contributed by atoms with van der Waals surface area (Å²) in [6.45, 7) is 0. The largest absolute Gasteiger partial charge is 0.324 e. The molecule has 0 bridgehead atoms. The van der Waals surface area contributed by atoms with Gasteiger partial charge >= 0.3 is 0 Å². The van der Waals surface area contributed by atoms with Crippen LogP contribution in [-0.2, 0) is 9.84 Å². The van der Waals surface area contributed by atoms with Crippen LogP contribution in [-0.4, -0.2) is 14.7 Å². The molecule has 0 saturated heterocycles. The third-order valence-corrected chi connectivity index (χ3v) is 5.19. The second-order valence-corrected chi connectivity index (χ2v) is 7.64. The molecule has 1 aliphatic rings. The van der Waals surface area contributed by atoms with Crippen molar-refractivity contribution in [3.8, 4) is 0 Å². The van der Waals surface area contributed by atoms with Crippen molar-refractivity contribution in [2.24, 2.45) is 11.7 Å². The average molecular weight is 281 g/mol. The van der Waals surface area contributed by atoms with Gasteiger partial charge in [0.15, 0.2) is 9.84 Å². The average Bonchev–Trinajstić information content (AvgIpc) is 2.66. The Kier molecular flexibility index (Phi) is 4.63. The van der Waals surface area contributed by atoms with Crippen molar-refractivity contribution >= 4 is 9.84 Å². The number of rotatable bonds is 3. The number of nitrogens with two attached hydrogens (primary N) is 1. The molecule has 1 saturated carbocycles. The van der Waals surface area contributed by atoms with Gasteiger partial charge in [-0.2, -0.15) is 0 Å².